The first kappa shape index (κ1) is 11.0. The predicted octanol–water partition coefficient (Wildman–Crippen LogP) is 2.20. The van der Waals surface area contributed by atoms with Gasteiger partial charge in [0.1, 0.15) is 0 Å². The van der Waals surface area contributed by atoms with Crippen LogP contribution in [0.3, 0.4) is 0 Å². The van der Waals surface area contributed by atoms with Crippen LogP contribution in [0.25, 0.3) is 6.08 Å². The monoisotopic (exact) mass is 191 g/mol. The average Bonchev–Trinajstić information content (AvgIpc) is 2.19. The van der Waals surface area contributed by atoms with Crippen molar-refractivity contribution in [1.29, 1.82) is 0 Å². The van der Waals surface area contributed by atoms with E-state index < -0.39 is 0 Å². The largest absolute Gasteiger partial charge is 0.380 e. The Morgan fingerprint density at radius 3 is 2.93 bits per heavy atom. The molecule has 0 saturated heterocycles. The molecule has 2 heteroatoms. The summed E-state index contributed by atoms with van der Waals surface area (Å²) in [6, 6.07) is 8.27. The topological polar surface area (TPSA) is 35.2 Å². The minimum absolute atomic E-state index is 0.606. The van der Waals surface area contributed by atoms with Crippen LogP contribution in [0.4, 0.5) is 0 Å². The third kappa shape index (κ3) is 3.32. The molecule has 1 aromatic carbocycles. The molecule has 2 nitrogen and oxygen atoms in total. The van der Waals surface area contributed by atoms with Crippen molar-refractivity contribution >= 4 is 6.08 Å². The van der Waals surface area contributed by atoms with Gasteiger partial charge in [-0.1, -0.05) is 29.8 Å². The van der Waals surface area contributed by atoms with E-state index in [-0.39, 0.29) is 0 Å². The molecule has 0 amide bonds. The molecule has 0 atom stereocenters. The summed E-state index contributed by atoms with van der Waals surface area (Å²) in [6.45, 7) is 3.29. The van der Waals surface area contributed by atoms with Crippen LogP contribution in [-0.4, -0.2) is 13.7 Å². The van der Waals surface area contributed by atoms with Gasteiger partial charge in [-0.3, -0.25) is 0 Å². The average molecular weight is 191 g/mol. The summed E-state index contributed by atoms with van der Waals surface area (Å²) in [5.41, 5.74) is 9.07. The Morgan fingerprint density at radius 2 is 2.29 bits per heavy atom. The highest BCUT2D eigenvalue weighted by molar-refractivity contribution is 5.53. The maximum absolute atomic E-state index is 5.52. The Hall–Kier alpha value is -1.12. The first-order chi connectivity index (χ1) is 6.76. The lowest BCUT2D eigenvalue weighted by atomic mass is 10.1. The fraction of sp³-hybridized carbons (Fsp3) is 0.333. The highest BCUT2D eigenvalue weighted by Crippen LogP contribution is 2.09. The van der Waals surface area contributed by atoms with Crippen molar-refractivity contribution in [2.45, 2.75) is 13.5 Å². The highest BCUT2D eigenvalue weighted by Gasteiger charge is 1.93. The van der Waals surface area contributed by atoms with Gasteiger partial charge in [-0.25, -0.2) is 0 Å². The molecule has 0 spiro atoms. The van der Waals surface area contributed by atoms with E-state index in [9.17, 15) is 0 Å². The molecule has 0 unspecified atom stereocenters. The second-order valence-corrected chi connectivity index (χ2v) is 3.37. The molecule has 1 rings (SSSR count). The zero-order valence-corrected chi connectivity index (χ0v) is 8.79. The van der Waals surface area contributed by atoms with E-state index in [4.69, 9.17) is 10.5 Å². The van der Waals surface area contributed by atoms with Gasteiger partial charge in [0.05, 0.1) is 6.61 Å². The van der Waals surface area contributed by atoms with E-state index in [0.717, 1.165) is 0 Å². The van der Waals surface area contributed by atoms with Crippen LogP contribution in [0.15, 0.2) is 29.8 Å². The van der Waals surface area contributed by atoms with Crippen LogP contribution in [0.1, 0.15) is 18.1 Å². The SMILES string of the molecule is COCc1cccc(C=C(C)CN)c1. The van der Waals surface area contributed by atoms with Crippen LogP contribution in [0, 0.1) is 0 Å². The maximum Gasteiger partial charge on any atom is 0.0713 e. The summed E-state index contributed by atoms with van der Waals surface area (Å²) < 4.78 is 5.07. The van der Waals surface area contributed by atoms with Crippen LogP contribution in [0.2, 0.25) is 0 Å². The molecule has 0 radical (unpaired) electrons. The van der Waals surface area contributed by atoms with Crippen molar-refractivity contribution < 1.29 is 4.74 Å². The Balaban J connectivity index is 2.83. The van der Waals surface area contributed by atoms with E-state index in [1.165, 1.54) is 16.7 Å². The van der Waals surface area contributed by atoms with Crippen LogP contribution in [-0.2, 0) is 11.3 Å². The van der Waals surface area contributed by atoms with Gasteiger partial charge in [0, 0.05) is 13.7 Å². The van der Waals surface area contributed by atoms with Crippen LogP contribution in [0.5, 0.6) is 0 Å². The number of nitrogens with two attached hydrogens (primary N) is 1. The van der Waals surface area contributed by atoms with Crippen molar-refractivity contribution in [3.05, 3.63) is 41.0 Å². The van der Waals surface area contributed by atoms with Gasteiger partial charge in [0.15, 0.2) is 0 Å². The quantitative estimate of drug-likeness (QED) is 0.791. The fourth-order valence-corrected chi connectivity index (χ4v) is 1.28. The minimum Gasteiger partial charge on any atom is -0.380 e. The molecular formula is C12H17NO. The molecule has 76 valence electrons. The predicted molar refractivity (Wildman–Crippen MR) is 59.9 cm³/mol. The number of benzene rings is 1. The van der Waals surface area contributed by atoms with E-state index in [1.807, 2.05) is 13.0 Å². The smallest absolute Gasteiger partial charge is 0.0713 e. The van der Waals surface area contributed by atoms with Crippen molar-refractivity contribution in [1.82, 2.24) is 0 Å². The van der Waals surface area contributed by atoms with Crippen molar-refractivity contribution in [2.75, 3.05) is 13.7 Å². The molecule has 0 bridgehead atoms. The molecule has 0 aliphatic rings. The summed E-state index contributed by atoms with van der Waals surface area (Å²) in [6.07, 6.45) is 2.10. The summed E-state index contributed by atoms with van der Waals surface area (Å²) in [4.78, 5) is 0. The second kappa shape index (κ2) is 5.58. The van der Waals surface area contributed by atoms with Crippen molar-refractivity contribution in [3.63, 3.8) is 0 Å². The Labute approximate surface area is 85.4 Å². The van der Waals surface area contributed by atoms with Gasteiger partial charge in [-0.05, 0) is 24.1 Å². The van der Waals surface area contributed by atoms with Crippen LogP contribution >= 0.6 is 0 Å². The number of rotatable bonds is 4. The van der Waals surface area contributed by atoms with Crippen molar-refractivity contribution in [3.8, 4) is 0 Å². The second-order valence-electron chi connectivity index (χ2n) is 3.37. The zero-order chi connectivity index (χ0) is 10.4. The van der Waals surface area contributed by atoms with Gasteiger partial charge >= 0.3 is 0 Å². The molecule has 0 saturated carbocycles. The van der Waals surface area contributed by atoms with Gasteiger partial charge in [0.25, 0.3) is 0 Å². The molecule has 2 N–H and O–H groups in total. The van der Waals surface area contributed by atoms with Gasteiger partial charge in [-0.15, -0.1) is 0 Å². The molecule has 0 aliphatic heterocycles. The minimum atomic E-state index is 0.606. The first-order valence-electron chi connectivity index (χ1n) is 4.71. The lowest BCUT2D eigenvalue weighted by Crippen LogP contribution is -1.99. The molecule has 0 heterocycles. The first-order valence-corrected chi connectivity index (χ1v) is 4.71. The molecule has 0 fully saturated rings. The van der Waals surface area contributed by atoms with E-state index in [2.05, 4.69) is 24.3 Å². The summed E-state index contributed by atoms with van der Waals surface area (Å²) in [5.74, 6) is 0. The number of hydrogen-bond donors (Lipinski definition) is 1. The Bertz CT molecular complexity index is 318. The number of ether oxygens (including phenoxy) is 1. The standard InChI is InChI=1S/C12H17NO/c1-10(8-13)6-11-4-3-5-12(7-11)9-14-2/h3-7H,8-9,13H2,1-2H3. The van der Waals surface area contributed by atoms with Gasteiger partial charge in [0.2, 0.25) is 0 Å². The van der Waals surface area contributed by atoms with Gasteiger partial charge in [-0.2, -0.15) is 0 Å². The third-order valence-electron chi connectivity index (χ3n) is 2.00. The van der Waals surface area contributed by atoms with Crippen molar-refractivity contribution in [2.24, 2.45) is 5.73 Å². The summed E-state index contributed by atoms with van der Waals surface area (Å²) in [5, 5.41) is 0. The lowest BCUT2D eigenvalue weighted by Gasteiger charge is -2.02. The molecule has 0 aromatic heterocycles. The molecular weight excluding hydrogens is 174 g/mol. The zero-order valence-electron chi connectivity index (χ0n) is 8.79. The van der Waals surface area contributed by atoms with Crippen LogP contribution < -0.4 is 5.73 Å². The normalized spacial score (nSPS) is 11.8. The Kier molecular flexibility index (Phi) is 4.36. The van der Waals surface area contributed by atoms with E-state index >= 15 is 0 Å². The summed E-state index contributed by atoms with van der Waals surface area (Å²) >= 11 is 0. The molecule has 14 heavy (non-hydrogen) atoms. The van der Waals surface area contributed by atoms with E-state index in [0.29, 0.717) is 13.2 Å². The molecule has 0 aliphatic carbocycles. The number of methoxy groups -OCH3 is 1. The number of hydrogen-bond acceptors (Lipinski definition) is 2. The third-order valence-corrected chi connectivity index (χ3v) is 2.00. The fourth-order valence-electron chi connectivity index (χ4n) is 1.28. The molecule has 1 aromatic rings. The van der Waals surface area contributed by atoms with Gasteiger partial charge < -0.3 is 10.5 Å². The Morgan fingerprint density at radius 1 is 1.50 bits per heavy atom. The van der Waals surface area contributed by atoms with E-state index in [1.54, 1.807) is 7.11 Å². The summed E-state index contributed by atoms with van der Waals surface area (Å²) in [7, 11) is 1.70. The maximum atomic E-state index is 5.52. The lowest BCUT2D eigenvalue weighted by molar-refractivity contribution is 0.185. The highest BCUT2D eigenvalue weighted by atomic mass is 16.5.